The molecule has 0 unspecified atom stereocenters. The number of hydrogen-bond donors (Lipinski definition) is 0. The largest absolute Gasteiger partial charge is 0.338 e. The Labute approximate surface area is 427 Å². The Morgan fingerprint density at radius 1 is 0.342 bits per heavy atom. The third-order valence-electron chi connectivity index (χ3n) is 17.0. The summed E-state index contributed by atoms with van der Waals surface area (Å²) in [7, 11) is 0. The molecule has 0 radical (unpaired) electrons. The topological polar surface area (TPSA) is 9.72 Å². The van der Waals surface area contributed by atoms with E-state index in [2.05, 4.69) is 267 Å². The van der Waals surface area contributed by atoms with Gasteiger partial charge in [0.25, 0.3) is 0 Å². The molecule has 0 fully saturated rings. The van der Waals surface area contributed by atoms with Crippen LogP contribution in [-0.4, -0.2) is 13.1 Å². The van der Waals surface area contributed by atoms with E-state index >= 15 is 0 Å². The maximum Gasteiger partial charge on any atom is 0.0733 e. The van der Waals surface area contributed by atoms with Crippen molar-refractivity contribution in [1.29, 1.82) is 0 Å². The van der Waals surface area contributed by atoms with E-state index in [4.69, 9.17) is 0 Å². The lowest BCUT2D eigenvalue weighted by molar-refractivity contribution is 0.660. The molecule has 0 bridgehead atoms. The first kappa shape index (κ1) is 42.1. The molecular weight excluding hydrogens is 883 g/mol. The summed E-state index contributed by atoms with van der Waals surface area (Å²) < 4.78 is 0. The molecule has 1 aliphatic heterocycles. The van der Waals surface area contributed by atoms with Gasteiger partial charge < -0.3 is 14.7 Å². The summed E-state index contributed by atoms with van der Waals surface area (Å²) in [4.78, 5) is 7.76. The van der Waals surface area contributed by atoms with E-state index in [9.17, 15) is 0 Å². The number of hydrogen-bond acceptors (Lipinski definition) is 3. The second kappa shape index (κ2) is 15.4. The molecule has 0 spiro atoms. The molecule has 0 aromatic heterocycles. The molecule has 0 atom stereocenters. The summed E-state index contributed by atoms with van der Waals surface area (Å²) in [6, 6.07) is 85.0. The van der Waals surface area contributed by atoms with Crippen LogP contribution in [0.2, 0.25) is 0 Å². The van der Waals surface area contributed by atoms with E-state index in [-0.39, 0.29) is 10.8 Å². The summed E-state index contributed by atoms with van der Waals surface area (Å²) in [5.74, 6) is 0. The standard InChI is InChI=1S/C70H53N3/c1-69(2)58-32-13-11-26-49(58)51-37-36-48(41-60(51)69)73(62-38-35-45-21-16-29-53-52-28-15-19-44-20-17-31-55(65(44)52)67(62)66(45)53)64-43-61-56(50-27-12-14-33-59(50)70(61,3)4)42-57(64)54-30-18-34-63-68(54)72(47-24-9-6-10-25-47)40-39-71(63)46-22-7-5-8-23-46/h5-38,41-43H,39-40H2,1-4H3. The minimum Gasteiger partial charge on any atom is -0.338 e. The van der Waals surface area contributed by atoms with Crippen LogP contribution in [0.5, 0.6) is 0 Å². The minimum atomic E-state index is -0.252. The van der Waals surface area contributed by atoms with Crippen molar-refractivity contribution in [2.45, 2.75) is 38.5 Å². The Morgan fingerprint density at radius 2 is 0.877 bits per heavy atom. The van der Waals surface area contributed by atoms with E-state index in [1.165, 1.54) is 127 Å². The van der Waals surface area contributed by atoms with E-state index in [1.807, 2.05) is 0 Å². The van der Waals surface area contributed by atoms with Crippen LogP contribution in [0.15, 0.2) is 224 Å². The molecular formula is C70H53N3. The maximum absolute atomic E-state index is 2.66. The van der Waals surface area contributed by atoms with Gasteiger partial charge in [-0.2, -0.15) is 0 Å². The molecule has 73 heavy (non-hydrogen) atoms. The molecule has 1 heterocycles. The van der Waals surface area contributed by atoms with Gasteiger partial charge in [-0.15, -0.1) is 0 Å². The molecule has 3 heteroatoms. The highest BCUT2D eigenvalue weighted by molar-refractivity contribution is 6.35. The van der Waals surface area contributed by atoms with Gasteiger partial charge in [-0.3, -0.25) is 0 Å². The quantitative estimate of drug-likeness (QED) is 0.121. The van der Waals surface area contributed by atoms with Gasteiger partial charge in [0.15, 0.2) is 0 Å². The Kier molecular flexibility index (Phi) is 8.89. The van der Waals surface area contributed by atoms with Gasteiger partial charge in [-0.1, -0.05) is 191 Å². The summed E-state index contributed by atoms with van der Waals surface area (Å²) in [6.45, 7) is 11.3. The van der Waals surface area contributed by atoms with E-state index in [0.29, 0.717) is 0 Å². The first-order valence-corrected chi connectivity index (χ1v) is 26.0. The van der Waals surface area contributed by atoms with Crippen LogP contribution >= 0.6 is 0 Å². The second-order valence-electron chi connectivity index (χ2n) is 21.5. The summed E-state index contributed by atoms with van der Waals surface area (Å²) in [5, 5.41) is 10.2. The average Bonchev–Trinajstić information content (AvgIpc) is 3.81. The monoisotopic (exact) mass is 935 g/mol. The fraction of sp³-hybridized carbons (Fsp3) is 0.114. The van der Waals surface area contributed by atoms with Crippen LogP contribution in [0.3, 0.4) is 0 Å². The van der Waals surface area contributed by atoms with Gasteiger partial charge in [0, 0.05) is 57.5 Å². The maximum atomic E-state index is 2.66. The normalized spacial score (nSPS) is 14.9. The molecule has 3 aliphatic rings. The van der Waals surface area contributed by atoms with Crippen molar-refractivity contribution >= 4 is 82.9 Å². The smallest absolute Gasteiger partial charge is 0.0733 e. The van der Waals surface area contributed by atoms with E-state index < -0.39 is 0 Å². The number of benzene rings is 12. The molecule has 0 saturated heterocycles. The van der Waals surface area contributed by atoms with Gasteiger partial charge in [-0.25, -0.2) is 0 Å². The predicted molar refractivity (Wildman–Crippen MR) is 310 cm³/mol. The molecule has 2 aliphatic carbocycles. The molecule has 0 saturated carbocycles. The lowest BCUT2D eigenvalue weighted by Crippen LogP contribution is -2.36. The van der Waals surface area contributed by atoms with Crippen molar-refractivity contribution in [3.05, 3.63) is 247 Å². The minimum absolute atomic E-state index is 0.205. The Balaban J connectivity index is 1.10. The van der Waals surface area contributed by atoms with Gasteiger partial charge in [-0.05, 0) is 143 Å². The molecule has 12 aromatic rings. The van der Waals surface area contributed by atoms with Crippen LogP contribution < -0.4 is 14.7 Å². The number of rotatable bonds is 6. The Hall–Kier alpha value is -8.66. The van der Waals surface area contributed by atoms with E-state index in [1.54, 1.807) is 0 Å². The zero-order valence-corrected chi connectivity index (χ0v) is 41.6. The number of fused-ring (bicyclic) bond motifs is 9. The molecule has 0 amide bonds. The fourth-order valence-corrected chi connectivity index (χ4v) is 13.6. The van der Waals surface area contributed by atoms with Gasteiger partial charge in [0.2, 0.25) is 0 Å². The molecule has 12 aromatic carbocycles. The summed E-state index contributed by atoms with van der Waals surface area (Å²) >= 11 is 0. The number of nitrogens with zero attached hydrogens (tertiary/aromatic N) is 3. The predicted octanol–water partition coefficient (Wildman–Crippen LogP) is 18.8. The number of para-hydroxylation sites is 3. The third kappa shape index (κ3) is 5.94. The lowest BCUT2D eigenvalue weighted by Gasteiger charge is -2.41. The van der Waals surface area contributed by atoms with Crippen LogP contribution in [-0.2, 0) is 10.8 Å². The van der Waals surface area contributed by atoms with Crippen LogP contribution in [0.1, 0.15) is 49.9 Å². The van der Waals surface area contributed by atoms with Crippen molar-refractivity contribution in [3.63, 3.8) is 0 Å². The first-order chi connectivity index (χ1) is 35.8. The second-order valence-corrected chi connectivity index (χ2v) is 21.5. The van der Waals surface area contributed by atoms with Crippen molar-refractivity contribution in [2.24, 2.45) is 0 Å². The third-order valence-corrected chi connectivity index (χ3v) is 17.0. The van der Waals surface area contributed by atoms with Crippen molar-refractivity contribution < 1.29 is 0 Å². The molecule has 0 N–H and O–H groups in total. The fourth-order valence-electron chi connectivity index (χ4n) is 13.6. The zero-order chi connectivity index (χ0) is 48.7. The lowest BCUT2D eigenvalue weighted by atomic mass is 9.81. The first-order valence-electron chi connectivity index (χ1n) is 26.0. The van der Waals surface area contributed by atoms with E-state index in [0.717, 1.165) is 24.5 Å². The van der Waals surface area contributed by atoms with Crippen molar-refractivity contribution in [3.8, 4) is 33.4 Å². The molecule has 3 nitrogen and oxygen atoms in total. The molecule has 348 valence electrons. The highest BCUT2D eigenvalue weighted by Gasteiger charge is 2.40. The van der Waals surface area contributed by atoms with Crippen molar-refractivity contribution in [1.82, 2.24) is 0 Å². The molecule has 15 rings (SSSR count). The van der Waals surface area contributed by atoms with Crippen LogP contribution in [0, 0.1) is 0 Å². The van der Waals surface area contributed by atoms with Gasteiger partial charge in [0.1, 0.15) is 0 Å². The average molecular weight is 936 g/mol. The Morgan fingerprint density at radius 3 is 1.58 bits per heavy atom. The van der Waals surface area contributed by atoms with Crippen LogP contribution in [0.4, 0.5) is 39.8 Å². The summed E-state index contributed by atoms with van der Waals surface area (Å²) in [5.41, 5.74) is 20.9. The zero-order valence-electron chi connectivity index (χ0n) is 41.6. The van der Waals surface area contributed by atoms with Gasteiger partial charge >= 0.3 is 0 Å². The SMILES string of the molecule is CC1(C)c2ccccc2-c2ccc(N(c3cc4c(cc3-c3cccc5c3N(c3ccccc3)CCN5c3ccccc3)-c3ccccc3C4(C)C)c3ccc4cccc5c6cccc7cccc(c3c45)c76)cc21. The Bertz CT molecular complexity index is 4220. The summed E-state index contributed by atoms with van der Waals surface area (Å²) in [6.07, 6.45) is 0. The highest BCUT2D eigenvalue weighted by atomic mass is 15.3. The number of anilines is 7. The van der Waals surface area contributed by atoms with Crippen LogP contribution in [0.25, 0.3) is 76.5 Å². The highest BCUT2D eigenvalue weighted by Crippen LogP contribution is 2.59. The van der Waals surface area contributed by atoms with Crippen molar-refractivity contribution in [2.75, 3.05) is 27.8 Å². The van der Waals surface area contributed by atoms with Gasteiger partial charge in [0.05, 0.1) is 22.7 Å².